The summed E-state index contributed by atoms with van der Waals surface area (Å²) >= 11 is 0. The first-order valence-electron chi connectivity index (χ1n) is 11.4. The lowest BCUT2D eigenvalue weighted by Gasteiger charge is -2.42. The van der Waals surface area contributed by atoms with E-state index >= 15 is 0 Å². The third kappa shape index (κ3) is 4.87. The molecule has 3 atom stereocenters. The van der Waals surface area contributed by atoms with Crippen molar-refractivity contribution >= 4 is 24.9 Å². The van der Waals surface area contributed by atoms with Crippen LogP contribution in [-0.2, 0) is 9.22 Å². The fraction of sp³-hybridized carbons (Fsp3) is 0.577. The van der Waals surface area contributed by atoms with E-state index in [1.807, 2.05) is 56.3 Å². The van der Waals surface area contributed by atoms with Gasteiger partial charge in [0.25, 0.3) is 0 Å². The Bertz CT molecular complexity index is 816. The number of carbonyl (C=O) groups excluding carboxylic acids is 1. The van der Waals surface area contributed by atoms with E-state index in [1.165, 1.54) is 0 Å². The maximum atomic E-state index is 13.2. The van der Waals surface area contributed by atoms with Gasteiger partial charge in [-0.25, -0.2) is 0 Å². The normalized spacial score (nSPS) is 15.7. The molecule has 0 spiro atoms. The maximum absolute atomic E-state index is 13.2. The largest absolute Gasteiger partial charge is 0.415 e. The Morgan fingerprint density at radius 3 is 1.97 bits per heavy atom. The van der Waals surface area contributed by atoms with Gasteiger partial charge >= 0.3 is 0 Å². The Kier molecular flexibility index (Phi) is 8.43. The van der Waals surface area contributed by atoms with E-state index in [9.17, 15) is 9.90 Å². The fourth-order valence-corrected chi connectivity index (χ4v) is 10.8. The Morgan fingerprint density at radius 1 is 0.867 bits per heavy atom. The van der Waals surface area contributed by atoms with Gasteiger partial charge in [0.05, 0.1) is 6.10 Å². The summed E-state index contributed by atoms with van der Waals surface area (Å²) in [7, 11) is -2.01. The summed E-state index contributed by atoms with van der Waals surface area (Å²) in [5, 5.41) is 13.1. The highest BCUT2D eigenvalue weighted by Gasteiger charge is 2.45. The van der Waals surface area contributed by atoms with Crippen molar-refractivity contribution in [3.05, 3.63) is 48.0 Å². The topological polar surface area (TPSA) is 46.5 Å². The number of Topliss-reactive ketones (excluding diaryl/α,β-unsaturated/α-hetero) is 1. The molecule has 2 aromatic rings. The Hall–Kier alpha value is -1.49. The van der Waals surface area contributed by atoms with Crippen molar-refractivity contribution < 1.29 is 14.3 Å². The molecule has 1 N–H and O–H groups in total. The molecule has 0 aliphatic heterocycles. The van der Waals surface area contributed by atoms with E-state index in [0.717, 1.165) is 16.3 Å². The lowest BCUT2D eigenvalue weighted by Crippen LogP contribution is -2.49. The van der Waals surface area contributed by atoms with Crippen molar-refractivity contribution in [1.82, 2.24) is 0 Å². The van der Waals surface area contributed by atoms with Crippen molar-refractivity contribution in [3.8, 4) is 0 Å². The second-order valence-corrected chi connectivity index (χ2v) is 15.2. The van der Waals surface area contributed by atoms with Gasteiger partial charge in [0.15, 0.2) is 8.32 Å². The molecule has 2 rings (SSSR count). The van der Waals surface area contributed by atoms with Crippen molar-refractivity contribution in [2.75, 3.05) is 6.61 Å². The zero-order valence-electron chi connectivity index (χ0n) is 20.0. The number of aliphatic hydroxyl groups excluding tert-OH is 1. The predicted octanol–water partition coefficient (Wildman–Crippen LogP) is 6.91. The van der Waals surface area contributed by atoms with Gasteiger partial charge in [0.1, 0.15) is 5.78 Å². The van der Waals surface area contributed by atoms with Gasteiger partial charge < -0.3 is 9.53 Å². The maximum Gasteiger partial charge on any atom is 0.200 e. The van der Waals surface area contributed by atoms with Crippen molar-refractivity contribution in [3.63, 3.8) is 0 Å². The van der Waals surface area contributed by atoms with E-state index in [0.29, 0.717) is 23.2 Å². The monoisotopic (exact) mass is 428 g/mol. The molecule has 4 heteroatoms. The smallest absolute Gasteiger partial charge is 0.200 e. The molecule has 0 saturated heterocycles. The Morgan fingerprint density at radius 2 is 1.40 bits per heavy atom. The van der Waals surface area contributed by atoms with Crippen LogP contribution in [-0.4, -0.2) is 25.8 Å². The van der Waals surface area contributed by atoms with Crippen LogP contribution in [0.3, 0.4) is 0 Å². The minimum Gasteiger partial charge on any atom is -0.415 e. The molecule has 0 fully saturated rings. The minimum absolute atomic E-state index is 0.0644. The highest BCUT2D eigenvalue weighted by molar-refractivity contribution is 6.77. The van der Waals surface area contributed by atoms with Gasteiger partial charge in [0.2, 0.25) is 0 Å². The molecule has 3 nitrogen and oxygen atoms in total. The van der Waals surface area contributed by atoms with Crippen molar-refractivity contribution in [2.24, 2.45) is 11.8 Å². The summed E-state index contributed by atoms with van der Waals surface area (Å²) in [6.45, 7) is 17.7. The summed E-state index contributed by atoms with van der Waals surface area (Å²) in [4.78, 5) is 13.2. The first-order chi connectivity index (χ1) is 14.0. The Labute approximate surface area is 184 Å². The van der Waals surface area contributed by atoms with Gasteiger partial charge in [-0.15, -0.1) is 0 Å². The van der Waals surface area contributed by atoms with Crippen molar-refractivity contribution in [2.45, 2.75) is 78.1 Å². The zero-order valence-corrected chi connectivity index (χ0v) is 21.0. The van der Waals surface area contributed by atoms with Gasteiger partial charge in [-0.05, 0) is 33.0 Å². The lowest BCUT2D eigenvalue weighted by molar-refractivity contribution is -0.130. The molecule has 0 unspecified atom stereocenters. The molecule has 0 aliphatic carbocycles. The quantitative estimate of drug-likeness (QED) is 0.418. The minimum atomic E-state index is -2.01. The number of benzene rings is 2. The summed E-state index contributed by atoms with van der Waals surface area (Å²) in [5.41, 5.74) is 2.27. The Balaban J connectivity index is 2.17. The molecule has 0 aliphatic rings. The van der Waals surface area contributed by atoms with Crippen molar-refractivity contribution in [1.29, 1.82) is 0 Å². The molecular formula is C26H40O3Si. The van der Waals surface area contributed by atoms with Crippen LogP contribution >= 0.6 is 0 Å². The number of fused-ring (bicyclic) bond motifs is 1. The van der Waals surface area contributed by atoms with Gasteiger partial charge in [0, 0.05) is 18.4 Å². The fourth-order valence-electron chi connectivity index (χ4n) is 5.23. The third-order valence-corrected chi connectivity index (χ3v) is 12.9. The van der Waals surface area contributed by atoms with Gasteiger partial charge in [-0.3, -0.25) is 4.79 Å². The molecule has 2 aromatic carbocycles. The molecular weight excluding hydrogens is 388 g/mol. The summed E-state index contributed by atoms with van der Waals surface area (Å²) < 4.78 is 6.64. The number of hydrogen-bond acceptors (Lipinski definition) is 3. The molecule has 0 bridgehead atoms. The average Bonchev–Trinajstić information content (AvgIpc) is 2.71. The van der Waals surface area contributed by atoms with Crippen LogP contribution in [0.15, 0.2) is 42.5 Å². The number of rotatable bonds is 10. The first kappa shape index (κ1) is 24.8. The van der Waals surface area contributed by atoms with Crippen LogP contribution in [0.4, 0.5) is 0 Å². The van der Waals surface area contributed by atoms with Crippen LogP contribution in [0.2, 0.25) is 16.6 Å². The van der Waals surface area contributed by atoms with Gasteiger partial charge in [-0.2, -0.15) is 0 Å². The second-order valence-electron chi connectivity index (χ2n) is 9.73. The van der Waals surface area contributed by atoms with Crippen LogP contribution in [0.5, 0.6) is 0 Å². The molecule has 30 heavy (non-hydrogen) atoms. The van der Waals surface area contributed by atoms with E-state index in [4.69, 9.17) is 4.43 Å². The summed E-state index contributed by atoms with van der Waals surface area (Å²) in [5.74, 6) is -0.662. The molecule has 0 radical (unpaired) electrons. The highest BCUT2D eigenvalue weighted by Crippen LogP contribution is 2.42. The number of ketones is 1. The summed E-state index contributed by atoms with van der Waals surface area (Å²) in [6, 6.07) is 13.9. The predicted molar refractivity (Wildman–Crippen MR) is 129 cm³/mol. The highest BCUT2D eigenvalue weighted by atomic mass is 28.4. The third-order valence-electron chi connectivity index (χ3n) is 6.84. The lowest BCUT2D eigenvalue weighted by atomic mass is 9.86. The van der Waals surface area contributed by atoms with Crippen LogP contribution < -0.4 is 0 Å². The van der Waals surface area contributed by atoms with E-state index < -0.39 is 20.3 Å². The van der Waals surface area contributed by atoms with Crippen LogP contribution in [0.25, 0.3) is 10.8 Å². The van der Waals surface area contributed by atoms with E-state index in [-0.39, 0.29) is 11.7 Å². The molecule has 0 amide bonds. The zero-order chi connectivity index (χ0) is 22.6. The standard InChI is InChI=1S/C26H40O3Si/c1-17(2)30(18(3)4,19(5)6)29-16-20(7)25(27)21(8)26(28)24-15-11-13-22-12-9-10-14-23(22)24/h9-15,17-21,26,28H,16H2,1-8H3/t20-,21-,26+/m1/s1. The number of aliphatic hydroxyl groups is 1. The number of carbonyl (C=O) groups is 1. The van der Waals surface area contributed by atoms with E-state index in [2.05, 4.69) is 41.5 Å². The molecule has 0 saturated carbocycles. The average molecular weight is 429 g/mol. The van der Waals surface area contributed by atoms with E-state index in [1.54, 1.807) is 0 Å². The molecule has 0 aromatic heterocycles. The number of hydrogen-bond donors (Lipinski definition) is 1. The second kappa shape index (κ2) is 10.2. The van der Waals surface area contributed by atoms with Gasteiger partial charge in [-0.1, -0.05) is 97.9 Å². The summed E-state index contributed by atoms with van der Waals surface area (Å²) in [6.07, 6.45) is -0.826. The first-order valence-corrected chi connectivity index (χ1v) is 13.5. The van der Waals surface area contributed by atoms with Crippen LogP contribution in [0.1, 0.15) is 67.1 Å². The van der Waals surface area contributed by atoms with Crippen LogP contribution in [0, 0.1) is 11.8 Å². The SMILES string of the molecule is CC(C)[Si](OC[C@@H](C)C(=O)[C@@H](C)[C@H](O)c1cccc2ccccc12)(C(C)C)C(C)C. The molecule has 0 heterocycles. The molecule has 166 valence electrons.